The lowest BCUT2D eigenvalue weighted by Gasteiger charge is -2.28. The van der Waals surface area contributed by atoms with Crippen LogP contribution < -0.4 is 4.90 Å². The molecule has 198 valence electrons. The molecule has 0 radical (unpaired) electrons. The third kappa shape index (κ3) is 3.45. The van der Waals surface area contributed by atoms with Crippen LogP contribution in [0.2, 0.25) is 0 Å². The smallest absolute Gasteiger partial charge is 0.0632 e. The Morgan fingerprint density at radius 2 is 1.31 bits per heavy atom. The average Bonchev–Trinajstić information content (AvgIpc) is 3.57. The molecule has 0 N–H and O–H groups in total. The predicted octanol–water partition coefficient (Wildman–Crippen LogP) is 10.5. The minimum Gasteiger partial charge on any atom is -0.333 e. The third-order valence-corrected chi connectivity index (χ3v) is 9.04. The van der Waals surface area contributed by atoms with E-state index in [1.807, 2.05) is 0 Å². The van der Waals surface area contributed by atoms with Crippen molar-refractivity contribution in [3.8, 4) is 16.8 Å². The standard InChI is InChI=1S/C40H28N2/c1-2-12-31(13-3-1)41-37-16-8-6-14-33(37)35-25-29(19-22-39(35)41)30-20-23-40-36(26-30)34-15-7-9-17-38(34)42(40)32-21-18-27-10-4-5-11-28(27)24-32/h1-15,17-26,37H,16H2. The van der Waals surface area contributed by atoms with Crippen LogP contribution in [0.4, 0.5) is 11.4 Å². The monoisotopic (exact) mass is 536 g/mol. The van der Waals surface area contributed by atoms with E-state index >= 15 is 0 Å². The summed E-state index contributed by atoms with van der Waals surface area (Å²) in [4.78, 5) is 2.51. The maximum atomic E-state index is 2.51. The molecule has 0 spiro atoms. The van der Waals surface area contributed by atoms with E-state index < -0.39 is 0 Å². The van der Waals surface area contributed by atoms with Crippen molar-refractivity contribution < 1.29 is 0 Å². The summed E-state index contributed by atoms with van der Waals surface area (Å²) in [5.41, 5.74) is 11.4. The molecule has 1 atom stereocenters. The summed E-state index contributed by atoms with van der Waals surface area (Å²) in [5.74, 6) is 0. The zero-order valence-corrected chi connectivity index (χ0v) is 23.1. The van der Waals surface area contributed by atoms with Gasteiger partial charge in [0.05, 0.1) is 17.1 Å². The number of fused-ring (bicyclic) bond motifs is 7. The van der Waals surface area contributed by atoms with E-state index in [9.17, 15) is 0 Å². The van der Waals surface area contributed by atoms with Gasteiger partial charge in [0.25, 0.3) is 0 Å². The Balaban J connectivity index is 1.21. The van der Waals surface area contributed by atoms with Gasteiger partial charge in [-0.05, 0) is 88.5 Å². The fraction of sp³-hybridized carbons (Fsp3) is 0.0500. The molecule has 0 fully saturated rings. The summed E-state index contributed by atoms with van der Waals surface area (Å²) in [6, 6.07) is 49.3. The molecule has 1 aliphatic heterocycles. The maximum Gasteiger partial charge on any atom is 0.0632 e. The molecule has 1 aliphatic carbocycles. The Bertz CT molecular complexity index is 2230. The first-order valence-corrected chi connectivity index (χ1v) is 14.7. The van der Waals surface area contributed by atoms with Crippen LogP contribution in [-0.4, -0.2) is 10.6 Å². The maximum absolute atomic E-state index is 2.51. The molecule has 2 aliphatic rings. The summed E-state index contributed by atoms with van der Waals surface area (Å²) in [7, 11) is 0. The second-order valence-electron chi connectivity index (χ2n) is 11.4. The Kier molecular flexibility index (Phi) is 5.06. The zero-order chi connectivity index (χ0) is 27.6. The van der Waals surface area contributed by atoms with Gasteiger partial charge in [-0.2, -0.15) is 0 Å². The lowest BCUT2D eigenvalue weighted by atomic mass is 9.93. The van der Waals surface area contributed by atoms with Gasteiger partial charge in [-0.25, -0.2) is 0 Å². The number of nitrogens with zero attached hydrogens (tertiary/aromatic N) is 2. The van der Waals surface area contributed by atoms with Crippen molar-refractivity contribution in [3.63, 3.8) is 0 Å². The molecule has 7 aromatic rings. The molecular formula is C40H28N2. The lowest BCUT2D eigenvalue weighted by Crippen LogP contribution is -2.26. The van der Waals surface area contributed by atoms with Gasteiger partial charge in [0, 0.05) is 33.4 Å². The van der Waals surface area contributed by atoms with Crippen LogP contribution in [0.25, 0.3) is 55.0 Å². The molecule has 1 aromatic heterocycles. The van der Waals surface area contributed by atoms with Crippen molar-refractivity contribution in [1.29, 1.82) is 0 Å². The minimum atomic E-state index is 0.338. The molecule has 0 amide bonds. The van der Waals surface area contributed by atoms with Crippen molar-refractivity contribution in [2.75, 3.05) is 4.90 Å². The number of hydrogen-bond acceptors (Lipinski definition) is 1. The molecule has 42 heavy (non-hydrogen) atoms. The van der Waals surface area contributed by atoms with Crippen LogP contribution in [-0.2, 0) is 0 Å². The number of rotatable bonds is 3. The van der Waals surface area contributed by atoms with Gasteiger partial charge in [-0.3, -0.25) is 0 Å². The number of hydrogen-bond donors (Lipinski definition) is 0. The fourth-order valence-electron chi connectivity index (χ4n) is 7.11. The van der Waals surface area contributed by atoms with Gasteiger partial charge >= 0.3 is 0 Å². The number of para-hydroxylation sites is 2. The average molecular weight is 537 g/mol. The van der Waals surface area contributed by atoms with Gasteiger partial charge < -0.3 is 9.47 Å². The molecule has 6 aromatic carbocycles. The largest absolute Gasteiger partial charge is 0.333 e. The van der Waals surface area contributed by atoms with Crippen LogP contribution in [0.5, 0.6) is 0 Å². The number of allylic oxidation sites excluding steroid dienone is 2. The van der Waals surface area contributed by atoms with Crippen LogP contribution in [0.3, 0.4) is 0 Å². The minimum absolute atomic E-state index is 0.338. The van der Waals surface area contributed by atoms with Gasteiger partial charge in [-0.1, -0.05) is 97.1 Å². The van der Waals surface area contributed by atoms with E-state index in [1.54, 1.807) is 0 Å². The Hall–Kier alpha value is -5.34. The van der Waals surface area contributed by atoms with Gasteiger partial charge in [0.2, 0.25) is 0 Å². The van der Waals surface area contributed by atoms with Crippen LogP contribution >= 0.6 is 0 Å². The van der Waals surface area contributed by atoms with E-state index in [1.165, 1.54) is 71.9 Å². The fourth-order valence-corrected chi connectivity index (χ4v) is 7.11. The first-order chi connectivity index (χ1) is 20.8. The molecule has 2 nitrogen and oxygen atoms in total. The molecule has 0 bridgehead atoms. The van der Waals surface area contributed by atoms with Gasteiger partial charge in [0.1, 0.15) is 0 Å². The first-order valence-electron chi connectivity index (χ1n) is 14.7. The second-order valence-corrected chi connectivity index (χ2v) is 11.4. The van der Waals surface area contributed by atoms with E-state index in [0.717, 1.165) is 6.42 Å². The van der Waals surface area contributed by atoms with Crippen molar-refractivity contribution in [1.82, 2.24) is 4.57 Å². The zero-order valence-electron chi connectivity index (χ0n) is 23.1. The molecule has 0 saturated heterocycles. The molecule has 9 rings (SSSR count). The summed E-state index contributed by atoms with van der Waals surface area (Å²) < 4.78 is 2.41. The quantitative estimate of drug-likeness (QED) is 0.218. The summed E-state index contributed by atoms with van der Waals surface area (Å²) >= 11 is 0. The molecule has 0 saturated carbocycles. The lowest BCUT2D eigenvalue weighted by molar-refractivity contribution is 0.829. The second kappa shape index (κ2) is 9.09. The summed E-state index contributed by atoms with van der Waals surface area (Å²) in [6.45, 7) is 0. The number of anilines is 2. The Labute approximate surface area is 245 Å². The highest BCUT2D eigenvalue weighted by atomic mass is 15.2. The number of aromatic nitrogens is 1. The predicted molar refractivity (Wildman–Crippen MR) is 178 cm³/mol. The van der Waals surface area contributed by atoms with Crippen LogP contribution in [0.1, 0.15) is 12.0 Å². The molecular weight excluding hydrogens is 508 g/mol. The van der Waals surface area contributed by atoms with Crippen molar-refractivity contribution in [2.45, 2.75) is 12.5 Å². The van der Waals surface area contributed by atoms with E-state index in [0.29, 0.717) is 6.04 Å². The van der Waals surface area contributed by atoms with Crippen LogP contribution in [0.15, 0.2) is 152 Å². The Morgan fingerprint density at radius 3 is 2.24 bits per heavy atom. The first kappa shape index (κ1) is 23.4. The van der Waals surface area contributed by atoms with Gasteiger partial charge in [0.15, 0.2) is 0 Å². The van der Waals surface area contributed by atoms with Crippen molar-refractivity contribution >= 4 is 49.5 Å². The molecule has 1 unspecified atom stereocenters. The van der Waals surface area contributed by atoms with E-state index in [2.05, 4.69) is 161 Å². The van der Waals surface area contributed by atoms with Gasteiger partial charge in [-0.15, -0.1) is 0 Å². The highest BCUT2D eigenvalue weighted by Gasteiger charge is 2.35. The topological polar surface area (TPSA) is 8.17 Å². The number of benzene rings is 6. The van der Waals surface area contributed by atoms with Crippen LogP contribution in [0, 0.1) is 0 Å². The highest BCUT2D eigenvalue weighted by Crippen LogP contribution is 2.48. The normalized spacial score (nSPS) is 15.8. The van der Waals surface area contributed by atoms with Crippen molar-refractivity contribution in [2.24, 2.45) is 0 Å². The molecule has 2 heterocycles. The van der Waals surface area contributed by atoms with E-state index in [4.69, 9.17) is 0 Å². The van der Waals surface area contributed by atoms with Crippen molar-refractivity contribution in [3.05, 3.63) is 157 Å². The SMILES string of the molecule is C1=CCC2C(=C1)c1cc(-c3ccc4c(c3)c3ccccc3n4-c3ccc4ccccc4c3)ccc1N2c1ccccc1. The summed E-state index contributed by atoms with van der Waals surface area (Å²) in [6.07, 6.45) is 7.83. The summed E-state index contributed by atoms with van der Waals surface area (Å²) in [5, 5.41) is 5.07. The highest BCUT2D eigenvalue weighted by molar-refractivity contribution is 6.11. The third-order valence-electron chi connectivity index (χ3n) is 9.04. The van der Waals surface area contributed by atoms with E-state index in [-0.39, 0.29) is 0 Å². The Morgan fingerprint density at radius 1 is 0.548 bits per heavy atom. The molecule has 2 heteroatoms.